The molecule has 2 rings (SSSR count). The van der Waals surface area contributed by atoms with Crippen LogP contribution in [0, 0.1) is 17.5 Å². The van der Waals surface area contributed by atoms with E-state index in [2.05, 4.69) is 25.6 Å². The van der Waals surface area contributed by atoms with E-state index in [-0.39, 0.29) is 23.6 Å². The quantitative estimate of drug-likeness (QED) is 0.826. The van der Waals surface area contributed by atoms with Crippen molar-refractivity contribution in [2.45, 2.75) is 6.92 Å². The Morgan fingerprint density at radius 3 is 2.33 bits per heavy atom. The van der Waals surface area contributed by atoms with Crippen LogP contribution in [0.15, 0.2) is 12.1 Å². The van der Waals surface area contributed by atoms with Crippen LogP contribution in [0.5, 0.6) is 6.01 Å². The number of anilines is 3. The SMILES string of the molecule is CCNc1nc(Nc2cc(F)c(F)cc2F)nc(OC)n1. The molecule has 0 aliphatic carbocycles. The molecule has 0 saturated heterocycles. The summed E-state index contributed by atoms with van der Waals surface area (Å²) in [5.41, 5.74) is -0.301. The molecular formula is C12H12F3N5O. The normalized spacial score (nSPS) is 10.3. The molecule has 0 aliphatic heterocycles. The predicted octanol–water partition coefficient (Wildman–Crippen LogP) is 2.47. The van der Waals surface area contributed by atoms with E-state index in [0.717, 1.165) is 0 Å². The lowest BCUT2D eigenvalue weighted by Gasteiger charge is -2.09. The fraction of sp³-hybridized carbons (Fsp3) is 0.250. The van der Waals surface area contributed by atoms with Gasteiger partial charge in [-0.3, -0.25) is 0 Å². The van der Waals surface area contributed by atoms with E-state index in [9.17, 15) is 13.2 Å². The number of benzene rings is 1. The van der Waals surface area contributed by atoms with Gasteiger partial charge in [0.15, 0.2) is 11.6 Å². The van der Waals surface area contributed by atoms with Gasteiger partial charge in [-0.25, -0.2) is 13.2 Å². The highest BCUT2D eigenvalue weighted by Crippen LogP contribution is 2.22. The largest absolute Gasteiger partial charge is 0.467 e. The molecule has 0 spiro atoms. The topological polar surface area (TPSA) is 72.0 Å². The number of aromatic nitrogens is 3. The zero-order chi connectivity index (χ0) is 15.4. The van der Waals surface area contributed by atoms with Crippen LogP contribution < -0.4 is 15.4 Å². The van der Waals surface area contributed by atoms with Crippen LogP contribution in [-0.2, 0) is 0 Å². The lowest BCUT2D eigenvalue weighted by Crippen LogP contribution is -2.08. The van der Waals surface area contributed by atoms with Gasteiger partial charge < -0.3 is 15.4 Å². The minimum atomic E-state index is -1.28. The molecule has 1 aromatic heterocycles. The Bertz CT molecular complexity index is 653. The molecule has 1 aromatic carbocycles. The summed E-state index contributed by atoms with van der Waals surface area (Å²) in [6, 6.07) is 1.10. The van der Waals surface area contributed by atoms with Crippen LogP contribution >= 0.6 is 0 Å². The summed E-state index contributed by atoms with van der Waals surface area (Å²) < 4.78 is 44.4. The molecule has 0 amide bonds. The third-order valence-corrected chi connectivity index (χ3v) is 2.39. The summed E-state index contributed by atoms with van der Waals surface area (Å²) in [6.45, 7) is 2.38. The fourth-order valence-corrected chi connectivity index (χ4v) is 1.48. The third-order valence-electron chi connectivity index (χ3n) is 2.39. The predicted molar refractivity (Wildman–Crippen MR) is 70.1 cm³/mol. The van der Waals surface area contributed by atoms with Gasteiger partial charge in [-0.05, 0) is 6.92 Å². The van der Waals surface area contributed by atoms with E-state index in [0.29, 0.717) is 18.7 Å². The average Bonchev–Trinajstić information content (AvgIpc) is 2.45. The highest BCUT2D eigenvalue weighted by Gasteiger charge is 2.12. The summed E-state index contributed by atoms with van der Waals surface area (Å²) in [6.07, 6.45) is 0. The molecular weight excluding hydrogens is 287 g/mol. The molecule has 0 unspecified atom stereocenters. The van der Waals surface area contributed by atoms with Crippen molar-refractivity contribution in [3.8, 4) is 6.01 Å². The van der Waals surface area contributed by atoms with Crippen LogP contribution in [0.1, 0.15) is 6.92 Å². The summed E-state index contributed by atoms with van der Waals surface area (Å²) >= 11 is 0. The van der Waals surface area contributed by atoms with E-state index >= 15 is 0 Å². The van der Waals surface area contributed by atoms with Gasteiger partial charge in [0.05, 0.1) is 12.8 Å². The average molecular weight is 299 g/mol. The Morgan fingerprint density at radius 1 is 1.00 bits per heavy atom. The first-order valence-electron chi connectivity index (χ1n) is 5.99. The fourth-order valence-electron chi connectivity index (χ4n) is 1.48. The van der Waals surface area contributed by atoms with E-state index in [4.69, 9.17) is 4.74 Å². The van der Waals surface area contributed by atoms with E-state index in [1.807, 2.05) is 6.92 Å². The smallest absolute Gasteiger partial charge is 0.322 e. The molecule has 2 aromatic rings. The van der Waals surface area contributed by atoms with E-state index < -0.39 is 17.5 Å². The number of halogens is 3. The summed E-state index contributed by atoms with van der Waals surface area (Å²) in [5, 5.41) is 5.28. The van der Waals surface area contributed by atoms with Crippen molar-refractivity contribution in [3.05, 3.63) is 29.6 Å². The maximum Gasteiger partial charge on any atom is 0.322 e. The van der Waals surface area contributed by atoms with Gasteiger partial charge in [-0.1, -0.05) is 0 Å². The van der Waals surface area contributed by atoms with Gasteiger partial charge in [0.25, 0.3) is 0 Å². The molecule has 21 heavy (non-hydrogen) atoms. The zero-order valence-corrected chi connectivity index (χ0v) is 11.2. The Hall–Kier alpha value is -2.58. The first kappa shape index (κ1) is 14.8. The number of nitrogens with zero attached hydrogens (tertiary/aromatic N) is 3. The molecule has 0 bridgehead atoms. The molecule has 1 heterocycles. The van der Waals surface area contributed by atoms with Crippen molar-refractivity contribution < 1.29 is 17.9 Å². The lowest BCUT2D eigenvalue weighted by atomic mass is 10.3. The van der Waals surface area contributed by atoms with Crippen molar-refractivity contribution >= 4 is 17.6 Å². The maximum absolute atomic E-state index is 13.6. The van der Waals surface area contributed by atoms with Gasteiger partial charge in [0.1, 0.15) is 5.82 Å². The molecule has 0 saturated carbocycles. The van der Waals surface area contributed by atoms with Crippen molar-refractivity contribution in [2.75, 3.05) is 24.3 Å². The van der Waals surface area contributed by atoms with Crippen molar-refractivity contribution in [3.63, 3.8) is 0 Å². The molecule has 0 aliphatic rings. The van der Waals surface area contributed by atoms with Crippen LogP contribution in [0.2, 0.25) is 0 Å². The Balaban J connectivity index is 2.34. The van der Waals surface area contributed by atoms with E-state index in [1.165, 1.54) is 7.11 Å². The number of hydrogen-bond acceptors (Lipinski definition) is 6. The zero-order valence-electron chi connectivity index (χ0n) is 11.2. The van der Waals surface area contributed by atoms with E-state index in [1.54, 1.807) is 0 Å². The summed E-state index contributed by atoms with van der Waals surface area (Å²) in [7, 11) is 1.35. The highest BCUT2D eigenvalue weighted by molar-refractivity contribution is 5.55. The Kier molecular flexibility index (Phi) is 4.41. The van der Waals surface area contributed by atoms with Gasteiger partial charge in [0, 0.05) is 18.7 Å². The van der Waals surface area contributed by atoms with Crippen molar-refractivity contribution in [1.29, 1.82) is 0 Å². The molecule has 9 heteroatoms. The monoisotopic (exact) mass is 299 g/mol. The minimum Gasteiger partial charge on any atom is -0.467 e. The number of rotatable bonds is 5. The standard InChI is InChI=1S/C12H12F3N5O/c1-3-16-10-18-11(20-12(19-10)21-2)17-9-5-7(14)6(13)4-8(9)15/h4-5H,3H2,1-2H3,(H2,16,17,18,19,20). The van der Waals surface area contributed by atoms with Gasteiger partial charge in [0.2, 0.25) is 11.9 Å². The number of ether oxygens (including phenoxy) is 1. The first-order valence-corrected chi connectivity index (χ1v) is 5.99. The number of hydrogen-bond donors (Lipinski definition) is 2. The van der Waals surface area contributed by atoms with Gasteiger partial charge in [-0.15, -0.1) is 0 Å². The Labute approximate surface area is 118 Å². The van der Waals surface area contributed by atoms with Crippen molar-refractivity contribution in [1.82, 2.24) is 15.0 Å². The second kappa shape index (κ2) is 6.25. The van der Waals surface area contributed by atoms with Gasteiger partial charge in [-0.2, -0.15) is 15.0 Å². The van der Waals surface area contributed by atoms with Crippen LogP contribution in [0.25, 0.3) is 0 Å². The second-order valence-corrected chi connectivity index (χ2v) is 3.87. The summed E-state index contributed by atoms with van der Waals surface area (Å²) in [5.74, 6) is -3.30. The van der Waals surface area contributed by atoms with Crippen molar-refractivity contribution in [2.24, 2.45) is 0 Å². The Morgan fingerprint density at radius 2 is 1.67 bits per heavy atom. The van der Waals surface area contributed by atoms with Crippen LogP contribution in [0.4, 0.5) is 30.8 Å². The molecule has 0 atom stereocenters. The molecule has 112 valence electrons. The minimum absolute atomic E-state index is 0.00792. The molecule has 2 N–H and O–H groups in total. The lowest BCUT2D eigenvalue weighted by molar-refractivity contribution is 0.379. The number of nitrogens with one attached hydrogen (secondary N) is 2. The second-order valence-electron chi connectivity index (χ2n) is 3.87. The highest BCUT2D eigenvalue weighted by atomic mass is 19.2. The molecule has 0 radical (unpaired) electrons. The molecule has 6 nitrogen and oxygen atoms in total. The third kappa shape index (κ3) is 3.50. The van der Waals surface area contributed by atoms with Gasteiger partial charge >= 0.3 is 6.01 Å². The van der Waals surface area contributed by atoms with Crippen LogP contribution in [0.3, 0.4) is 0 Å². The molecule has 0 fully saturated rings. The first-order chi connectivity index (χ1) is 10.0. The maximum atomic E-state index is 13.6. The number of methoxy groups -OCH3 is 1. The van der Waals surface area contributed by atoms with Crippen LogP contribution in [-0.4, -0.2) is 28.6 Å². The summed E-state index contributed by atoms with van der Waals surface area (Å²) in [4.78, 5) is 11.7.